The first-order valence-electron chi connectivity index (χ1n) is 19.7. The molecular weight excluding hydrogens is 713 g/mol. The van der Waals surface area contributed by atoms with Gasteiger partial charge in [-0.25, -0.2) is 14.1 Å². The molecule has 6 atom stereocenters. The van der Waals surface area contributed by atoms with Crippen molar-refractivity contribution in [1.82, 2.24) is 14.6 Å². The van der Waals surface area contributed by atoms with E-state index in [1.165, 1.54) is 100 Å². The van der Waals surface area contributed by atoms with E-state index in [9.17, 15) is 24.9 Å². The Balaban J connectivity index is 1.17. The maximum atomic E-state index is 13.1. The number of phosphoric ester groups is 1. The first-order chi connectivity index (χ1) is 26.2. The fourth-order valence-corrected chi connectivity index (χ4v) is 7.61. The third-order valence-electron chi connectivity index (χ3n) is 9.80. The van der Waals surface area contributed by atoms with Crippen molar-refractivity contribution >= 4 is 19.2 Å². The smallest absolute Gasteiger partial charge is 0.472 e. The highest BCUT2D eigenvalue weighted by Crippen LogP contribution is 2.47. The highest BCUT2D eigenvalue weighted by molar-refractivity contribution is 7.47. The second-order valence-corrected chi connectivity index (χ2v) is 15.5. The number of nitrogen functional groups attached to an aromatic ring is 1. The van der Waals surface area contributed by atoms with E-state index >= 15 is 0 Å². The third kappa shape index (κ3) is 13.3. The van der Waals surface area contributed by atoms with Crippen LogP contribution in [0.15, 0.2) is 48.8 Å². The van der Waals surface area contributed by atoms with Gasteiger partial charge in [0.1, 0.15) is 54.7 Å². The lowest BCUT2D eigenvalue weighted by Crippen LogP contribution is -2.41. The molecule has 3 heterocycles. The number of hydrogen-bond donors (Lipinski definition) is 4. The fourth-order valence-electron chi connectivity index (χ4n) is 6.72. The number of phosphoric acid groups is 1. The fraction of sp³-hybridized carbons (Fsp3) is 0.667. The summed E-state index contributed by atoms with van der Waals surface area (Å²) in [4.78, 5) is 14.6. The number of aliphatic hydroxyl groups is 2. The van der Waals surface area contributed by atoms with Gasteiger partial charge >= 0.3 is 7.82 Å². The second kappa shape index (κ2) is 23.1. The van der Waals surface area contributed by atoms with Crippen LogP contribution in [0.2, 0.25) is 0 Å². The third-order valence-corrected chi connectivity index (χ3v) is 10.8. The molecule has 1 aliphatic heterocycles. The van der Waals surface area contributed by atoms with Crippen molar-refractivity contribution in [2.24, 2.45) is 0 Å². The molecule has 1 aliphatic rings. The van der Waals surface area contributed by atoms with Gasteiger partial charge in [0.15, 0.2) is 5.82 Å². The summed E-state index contributed by atoms with van der Waals surface area (Å²) < 4.78 is 42.6. The Bertz CT molecular complexity index is 1590. The number of aromatic nitrogens is 3. The summed E-state index contributed by atoms with van der Waals surface area (Å²) in [6.45, 7) is 1.92. The highest BCUT2D eigenvalue weighted by atomic mass is 31.2. The number of fused-ring (bicyclic) bond motifs is 1. The number of para-hydroxylation sites is 1. The zero-order valence-corrected chi connectivity index (χ0v) is 32.6. The Morgan fingerprint density at radius 3 is 2.15 bits per heavy atom. The molecule has 54 heavy (non-hydrogen) atoms. The van der Waals surface area contributed by atoms with Gasteiger partial charge in [0.05, 0.1) is 18.9 Å². The summed E-state index contributed by atoms with van der Waals surface area (Å²) in [5, 5.41) is 36.0. The predicted octanol–water partition coefficient (Wildman–Crippen LogP) is 7.01. The highest BCUT2D eigenvalue weighted by Gasteiger charge is 2.58. The average Bonchev–Trinajstić information content (AvgIpc) is 3.72. The van der Waals surface area contributed by atoms with Gasteiger partial charge in [-0.2, -0.15) is 10.4 Å². The number of ether oxygens (including phenoxy) is 3. The van der Waals surface area contributed by atoms with Gasteiger partial charge in [-0.15, -0.1) is 0 Å². The molecule has 0 spiro atoms. The molecule has 1 aromatic carbocycles. The van der Waals surface area contributed by atoms with E-state index in [0.29, 0.717) is 17.9 Å². The molecule has 14 nitrogen and oxygen atoms in total. The van der Waals surface area contributed by atoms with Crippen molar-refractivity contribution in [2.75, 3.05) is 32.2 Å². The number of nitrogens with zero attached hydrogens (tertiary/aromatic N) is 4. The van der Waals surface area contributed by atoms with Crippen molar-refractivity contribution in [3.8, 4) is 11.8 Å². The standard InChI is InChI=1S/C39H60N5O9P/c1-2-3-4-5-6-7-8-9-10-11-12-13-14-15-16-20-25-49-26-32(27-50-31-21-18-17-19-22-31)53-54(47,48)51-28-34-36(45)37(46)39(29-40,52-34)35-24-23-33-38(41)42-30-43-44(33)35/h17-19,21-24,30,32,34,36-37,45-46H,2-16,20,25-28H2,1H3,(H,47,48)(H2,41,42,43)/t32-,34-,36-,37-,39+/m1/s1. The number of rotatable bonds is 28. The summed E-state index contributed by atoms with van der Waals surface area (Å²) in [7, 11) is -4.78. The van der Waals surface area contributed by atoms with Gasteiger partial charge in [-0.1, -0.05) is 121 Å². The number of anilines is 1. The maximum absolute atomic E-state index is 13.1. The van der Waals surface area contributed by atoms with Crippen LogP contribution in [-0.4, -0.2) is 80.5 Å². The summed E-state index contributed by atoms with van der Waals surface area (Å²) in [5.41, 5.74) is 4.28. The Labute approximate surface area is 319 Å². The van der Waals surface area contributed by atoms with E-state index in [1.807, 2.05) is 12.1 Å². The zero-order chi connectivity index (χ0) is 38.7. The van der Waals surface area contributed by atoms with E-state index in [2.05, 4.69) is 17.0 Å². The van der Waals surface area contributed by atoms with E-state index in [0.717, 1.165) is 19.3 Å². The van der Waals surface area contributed by atoms with Crippen LogP contribution in [0.3, 0.4) is 0 Å². The van der Waals surface area contributed by atoms with Crippen molar-refractivity contribution < 1.29 is 42.9 Å². The first-order valence-corrected chi connectivity index (χ1v) is 21.2. The first kappa shape index (κ1) is 43.6. The minimum Gasteiger partial charge on any atom is -0.491 e. The van der Waals surface area contributed by atoms with Crippen LogP contribution >= 0.6 is 7.82 Å². The minimum atomic E-state index is -4.78. The Kier molecular flexibility index (Phi) is 18.6. The topological polar surface area (TPSA) is 204 Å². The minimum absolute atomic E-state index is 0.0232. The average molecular weight is 774 g/mol. The van der Waals surface area contributed by atoms with Gasteiger partial charge in [-0.05, 0) is 30.7 Å². The molecule has 2 aromatic heterocycles. The summed E-state index contributed by atoms with van der Waals surface area (Å²) in [6, 6.07) is 13.9. The molecule has 0 aliphatic carbocycles. The number of nitrogens with two attached hydrogens (primary N) is 1. The maximum Gasteiger partial charge on any atom is 0.472 e. The van der Waals surface area contributed by atoms with Crippen molar-refractivity contribution in [2.45, 2.75) is 140 Å². The van der Waals surface area contributed by atoms with Crippen LogP contribution in [0.4, 0.5) is 5.82 Å². The molecule has 0 amide bonds. The molecule has 0 saturated carbocycles. The van der Waals surface area contributed by atoms with Crippen LogP contribution in [-0.2, 0) is 28.7 Å². The van der Waals surface area contributed by atoms with Gasteiger partial charge in [-0.3, -0.25) is 9.05 Å². The molecule has 4 rings (SSSR count). The van der Waals surface area contributed by atoms with Crippen molar-refractivity contribution in [3.05, 3.63) is 54.5 Å². The lowest BCUT2D eigenvalue weighted by atomic mass is 9.92. The molecule has 15 heteroatoms. The Morgan fingerprint density at radius 1 is 0.926 bits per heavy atom. The van der Waals surface area contributed by atoms with E-state index in [1.54, 1.807) is 30.3 Å². The molecule has 1 saturated heterocycles. The lowest BCUT2D eigenvalue weighted by Gasteiger charge is -2.24. The largest absolute Gasteiger partial charge is 0.491 e. The SMILES string of the molecule is CCCCCCCCCCCCCCCCCCOC[C@H](COc1ccccc1)OP(=O)(O)OC[C@H]1O[C@@](C#N)(c2ccc3c(N)ncnn23)[C@H](O)[C@@H]1O. The normalized spacial score (nSPS) is 21.6. The molecular formula is C39H60N5O9P. The van der Waals surface area contributed by atoms with Crippen LogP contribution < -0.4 is 10.5 Å². The molecule has 0 radical (unpaired) electrons. The second-order valence-electron chi connectivity index (χ2n) is 14.1. The van der Waals surface area contributed by atoms with Crippen molar-refractivity contribution in [1.29, 1.82) is 5.26 Å². The monoisotopic (exact) mass is 773 g/mol. The molecule has 3 aromatic rings. The van der Waals surface area contributed by atoms with E-state index in [4.69, 9.17) is 29.0 Å². The number of hydrogen-bond acceptors (Lipinski definition) is 12. The lowest BCUT2D eigenvalue weighted by molar-refractivity contribution is -0.0669. The van der Waals surface area contributed by atoms with E-state index in [-0.39, 0.29) is 24.7 Å². The zero-order valence-electron chi connectivity index (χ0n) is 31.7. The molecule has 300 valence electrons. The van der Waals surface area contributed by atoms with Crippen LogP contribution in [0.1, 0.15) is 115 Å². The van der Waals surface area contributed by atoms with Crippen LogP contribution in [0.25, 0.3) is 5.52 Å². The van der Waals surface area contributed by atoms with Crippen LogP contribution in [0.5, 0.6) is 5.75 Å². The quantitative estimate of drug-likeness (QED) is 0.0434. The number of aliphatic hydroxyl groups excluding tert-OH is 2. The Morgan fingerprint density at radius 2 is 1.54 bits per heavy atom. The van der Waals surface area contributed by atoms with Gasteiger partial charge in [0, 0.05) is 6.61 Å². The molecule has 1 fully saturated rings. The van der Waals surface area contributed by atoms with E-state index < -0.39 is 44.4 Å². The van der Waals surface area contributed by atoms with Gasteiger partial charge in [0.2, 0.25) is 5.60 Å². The molecule has 0 bridgehead atoms. The molecule has 5 N–H and O–H groups in total. The predicted molar refractivity (Wildman–Crippen MR) is 205 cm³/mol. The summed E-state index contributed by atoms with van der Waals surface area (Å²) in [5.74, 6) is 0.683. The van der Waals surface area contributed by atoms with Crippen LogP contribution in [0, 0.1) is 11.3 Å². The number of nitriles is 1. The number of unbranched alkanes of at least 4 members (excludes halogenated alkanes) is 15. The van der Waals surface area contributed by atoms with Gasteiger partial charge < -0.3 is 35.1 Å². The summed E-state index contributed by atoms with van der Waals surface area (Å²) >= 11 is 0. The number of benzene rings is 1. The summed E-state index contributed by atoms with van der Waals surface area (Å²) in [6.07, 6.45) is 15.8. The Hall–Kier alpha value is -3.12. The van der Waals surface area contributed by atoms with Gasteiger partial charge in [0.25, 0.3) is 0 Å². The molecule has 1 unspecified atom stereocenters. The van der Waals surface area contributed by atoms with Crippen molar-refractivity contribution in [3.63, 3.8) is 0 Å².